The minimum absolute atomic E-state index is 0.0698. The molecule has 1 aromatic heterocycles. The molecule has 0 unspecified atom stereocenters. The molecule has 2 rings (SSSR count). The van der Waals surface area contributed by atoms with E-state index in [0.717, 1.165) is 11.3 Å². The van der Waals surface area contributed by atoms with Crippen LogP contribution < -0.4 is 5.73 Å². The van der Waals surface area contributed by atoms with Gasteiger partial charge in [-0.1, -0.05) is 12.1 Å². The zero-order valence-electron chi connectivity index (χ0n) is 7.62. The Morgan fingerprint density at radius 2 is 2.00 bits per heavy atom. The molecule has 0 fully saturated rings. The van der Waals surface area contributed by atoms with E-state index in [4.69, 9.17) is 5.73 Å². The van der Waals surface area contributed by atoms with E-state index in [1.54, 1.807) is 23.6 Å². The molecule has 0 atom stereocenters. The number of thiazole rings is 1. The third kappa shape index (κ3) is 1.73. The number of sulfone groups is 1. The second-order valence-corrected chi connectivity index (χ2v) is 5.83. The molecule has 78 valence electrons. The Kier molecular flexibility index (Phi) is 2.45. The number of hydrogen-bond acceptors (Lipinski definition) is 5. The van der Waals surface area contributed by atoms with Crippen LogP contribution in [0.25, 0.3) is 0 Å². The molecule has 0 bridgehead atoms. The van der Waals surface area contributed by atoms with Crippen molar-refractivity contribution < 1.29 is 8.42 Å². The zero-order chi connectivity index (χ0) is 10.9. The number of anilines is 1. The molecule has 6 heteroatoms. The Hall–Kier alpha value is -1.40. The normalized spacial score (nSPS) is 11.5. The van der Waals surface area contributed by atoms with Gasteiger partial charge in [-0.15, -0.1) is 11.3 Å². The smallest absolute Gasteiger partial charge is 0.235 e. The summed E-state index contributed by atoms with van der Waals surface area (Å²) in [6.45, 7) is 0. The maximum Gasteiger partial charge on any atom is 0.235 e. The number of nitrogens with two attached hydrogens (primary N) is 1. The summed E-state index contributed by atoms with van der Waals surface area (Å²) in [6, 6.07) is 6.36. The van der Waals surface area contributed by atoms with Crippen LogP contribution in [0, 0.1) is 0 Å². The van der Waals surface area contributed by atoms with Crippen molar-refractivity contribution in [3.63, 3.8) is 0 Å². The standard InChI is InChI=1S/C9H8N2O2S2/c10-7-3-1-2-4-8(7)15(12,13)9-11-5-6-14-9/h1-6H,10H2. The summed E-state index contributed by atoms with van der Waals surface area (Å²) in [5.74, 6) is 0. The third-order valence-corrected chi connectivity index (χ3v) is 4.88. The van der Waals surface area contributed by atoms with E-state index in [1.165, 1.54) is 12.3 Å². The SMILES string of the molecule is Nc1ccccc1S(=O)(=O)c1nccs1. The lowest BCUT2D eigenvalue weighted by Gasteiger charge is -2.03. The van der Waals surface area contributed by atoms with Crippen molar-refractivity contribution in [2.45, 2.75) is 9.24 Å². The monoisotopic (exact) mass is 240 g/mol. The van der Waals surface area contributed by atoms with E-state index in [-0.39, 0.29) is 14.9 Å². The summed E-state index contributed by atoms with van der Waals surface area (Å²) in [5, 5.41) is 1.62. The van der Waals surface area contributed by atoms with Gasteiger partial charge in [-0.05, 0) is 12.1 Å². The van der Waals surface area contributed by atoms with Gasteiger partial charge in [0.05, 0.1) is 10.6 Å². The van der Waals surface area contributed by atoms with Crippen LogP contribution in [0.3, 0.4) is 0 Å². The second-order valence-electron chi connectivity index (χ2n) is 2.84. The van der Waals surface area contributed by atoms with Crippen molar-refractivity contribution in [2.75, 3.05) is 5.73 Å². The summed E-state index contributed by atoms with van der Waals surface area (Å²) in [4.78, 5) is 3.89. The van der Waals surface area contributed by atoms with Crippen molar-refractivity contribution in [3.05, 3.63) is 35.8 Å². The summed E-state index contributed by atoms with van der Waals surface area (Å²) in [7, 11) is -3.54. The highest BCUT2D eigenvalue weighted by Crippen LogP contribution is 2.26. The van der Waals surface area contributed by atoms with Crippen LogP contribution in [0.15, 0.2) is 45.1 Å². The topological polar surface area (TPSA) is 73.1 Å². The fourth-order valence-corrected chi connectivity index (χ4v) is 3.49. The number of benzene rings is 1. The average molecular weight is 240 g/mol. The molecule has 0 aliphatic rings. The van der Waals surface area contributed by atoms with Crippen LogP contribution in [0.4, 0.5) is 5.69 Å². The van der Waals surface area contributed by atoms with Gasteiger partial charge in [0.15, 0.2) is 0 Å². The fourth-order valence-electron chi connectivity index (χ4n) is 1.16. The molecule has 4 nitrogen and oxygen atoms in total. The number of nitrogens with zero attached hydrogens (tertiary/aromatic N) is 1. The summed E-state index contributed by atoms with van der Waals surface area (Å²) in [5.41, 5.74) is 5.85. The quantitative estimate of drug-likeness (QED) is 0.808. The van der Waals surface area contributed by atoms with Gasteiger partial charge in [0, 0.05) is 11.6 Å². The highest BCUT2D eigenvalue weighted by Gasteiger charge is 2.22. The van der Waals surface area contributed by atoms with Crippen molar-refractivity contribution in [1.29, 1.82) is 0 Å². The third-order valence-electron chi connectivity index (χ3n) is 1.85. The van der Waals surface area contributed by atoms with Gasteiger partial charge >= 0.3 is 0 Å². The molecule has 0 amide bonds. The van der Waals surface area contributed by atoms with Gasteiger partial charge in [-0.2, -0.15) is 0 Å². The van der Waals surface area contributed by atoms with E-state index in [1.807, 2.05) is 0 Å². The first kappa shape index (κ1) is 10.1. The molecule has 2 aromatic rings. The first-order chi connectivity index (χ1) is 7.12. The molecule has 0 aliphatic carbocycles. The molecule has 2 N–H and O–H groups in total. The van der Waals surface area contributed by atoms with Gasteiger partial charge in [0.25, 0.3) is 0 Å². The minimum Gasteiger partial charge on any atom is -0.398 e. The fraction of sp³-hybridized carbons (Fsp3) is 0. The number of para-hydroxylation sites is 1. The second kappa shape index (κ2) is 3.63. The molecule has 1 aromatic carbocycles. The molecule has 1 heterocycles. The lowest BCUT2D eigenvalue weighted by atomic mass is 10.3. The van der Waals surface area contributed by atoms with E-state index < -0.39 is 9.84 Å². The Morgan fingerprint density at radius 3 is 2.60 bits per heavy atom. The number of aromatic nitrogens is 1. The van der Waals surface area contributed by atoms with Gasteiger partial charge in [0.2, 0.25) is 14.2 Å². The summed E-state index contributed by atoms with van der Waals surface area (Å²) in [6.07, 6.45) is 1.46. The lowest BCUT2D eigenvalue weighted by molar-refractivity contribution is 0.595. The largest absolute Gasteiger partial charge is 0.398 e. The molecule has 15 heavy (non-hydrogen) atoms. The van der Waals surface area contributed by atoms with E-state index in [2.05, 4.69) is 4.98 Å². The Morgan fingerprint density at radius 1 is 1.27 bits per heavy atom. The maximum atomic E-state index is 12.0. The van der Waals surface area contributed by atoms with Crippen LogP contribution in [0.5, 0.6) is 0 Å². The van der Waals surface area contributed by atoms with Crippen molar-refractivity contribution in [2.24, 2.45) is 0 Å². The zero-order valence-corrected chi connectivity index (χ0v) is 9.25. The Bertz CT molecular complexity index is 562. The van der Waals surface area contributed by atoms with Crippen LogP contribution in [0.2, 0.25) is 0 Å². The first-order valence-corrected chi connectivity index (χ1v) is 6.48. The number of nitrogen functional groups attached to an aromatic ring is 1. The van der Waals surface area contributed by atoms with E-state index in [9.17, 15) is 8.42 Å². The number of rotatable bonds is 2. The van der Waals surface area contributed by atoms with Crippen LogP contribution in [-0.2, 0) is 9.84 Å². The summed E-state index contributed by atoms with van der Waals surface area (Å²) >= 11 is 1.08. The van der Waals surface area contributed by atoms with Crippen molar-refractivity contribution in [1.82, 2.24) is 4.98 Å². The van der Waals surface area contributed by atoms with Gasteiger partial charge in [0.1, 0.15) is 0 Å². The maximum absolute atomic E-state index is 12.0. The Balaban J connectivity index is 2.62. The molecular weight excluding hydrogens is 232 g/mol. The molecule has 0 radical (unpaired) electrons. The molecular formula is C9H8N2O2S2. The average Bonchev–Trinajstić information content (AvgIpc) is 2.71. The predicted octanol–water partition coefficient (Wildman–Crippen LogP) is 1.56. The van der Waals surface area contributed by atoms with E-state index >= 15 is 0 Å². The molecule has 0 saturated heterocycles. The van der Waals surface area contributed by atoms with Crippen molar-refractivity contribution >= 4 is 26.9 Å². The van der Waals surface area contributed by atoms with Crippen LogP contribution in [0.1, 0.15) is 0 Å². The van der Waals surface area contributed by atoms with Crippen LogP contribution in [-0.4, -0.2) is 13.4 Å². The van der Waals surface area contributed by atoms with E-state index in [0.29, 0.717) is 0 Å². The molecule has 0 spiro atoms. The van der Waals surface area contributed by atoms with Crippen LogP contribution >= 0.6 is 11.3 Å². The Labute approximate surface area is 91.3 Å². The van der Waals surface area contributed by atoms with Gasteiger partial charge in [-0.3, -0.25) is 0 Å². The molecule has 0 saturated carbocycles. The highest BCUT2D eigenvalue weighted by molar-refractivity contribution is 7.93. The predicted molar refractivity (Wildman–Crippen MR) is 58.4 cm³/mol. The number of hydrogen-bond donors (Lipinski definition) is 1. The van der Waals surface area contributed by atoms with Gasteiger partial charge < -0.3 is 5.73 Å². The van der Waals surface area contributed by atoms with Crippen molar-refractivity contribution in [3.8, 4) is 0 Å². The first-order valence-electron chi connectivity index (χ1n) is 4.11. The highest BCUT2D eigenvalue weighted by atomic mass is 32.2. The van der Waals surface area contributed by atoms with Gasteiger partial charge in [-0.25, -0.2) is 13.4 Å². The lowest BCUT2D eigenvalue weighted by Crippen LogP contribution is -2.04. The minimum atomic E-state index is -3.54. The molecule has 0 aliphatic heterocycles. The summed E-state index contributed by atoms with van der Waals surface area (Å²) < 4.78 is 24.0.